The number of benzene rings is 6. The van der Waals surface area contributed by atoms with Crippen LogP contribution in [0.1, 0.15) is 116 Å². The average molecular weight is 1730 g/mol. The van der Waals surface area contributed by atoms with Crippen LogP contribution in [0.4, 0.5) is 0 Å². The van der Waals surface area contributed by atoms with Crippen molar-refractivity contribution in [3.8, 4) is 62.9 Å². The molecule has 2 saturated heterocycles. The van der Waals surface area contributed by atoms with Crippen LogP contribution < -0.4 is 72.9 Å². The summed E-state index contributed by atoms with van der Waals surface area (Å²) >= 11 is 15.6. The normalized spacial score (nSPS) is 26.6. The Hall–Kier alpha value is -11.3. The van der Waals surface area contributed by atoms with Gasteiger partial charge in [-0.25, -0.2) is 4.79 Å². The number of phenolic OH excluding ortho intramolecular Hbond substituents is 3. The molecule has 1 aromatic heterocycles. The van der Waals surface area contributed by atoms with Crippen LogP contribution in [-0.2, 0) is 70.3 Å². The number of nitrogens with two attached hydrogens (primary N) is 2. The van der Waals surface area contributed by atoms with Gasteiger partial charge in [0, 0.05) is 47.0 Å². The zero-order valence-electron chi connectivity index (χ0n) is 65.1. The van der Waals surface area contributed by atoms with E-state index >= 15 is 24.0 Å². The summed E-state index contributed by atoms with van der Waals surface area (Å²) in [6, 6.07) is 7.48. The van der Waals surface area contributed by atoms with Crippen molar-refractivity contribution in [2.75, 3.05) is 13.2 Å². The highest BCUT2D eigenvalue weighted by molar-refractivity contribution is 7.09. The molecule has 0 spiro atoms. The fourth-order valence-corrected chi connectivity index (χ4v) is 15.8. The number of carbonyl (C=O) groups excluding carboxylic acids is 8. The number of carbonyl (C=O) groups is 9. The van der Waals surface area contributed by atoms with E-state index in [4.69, 9.17) is 67.8 Å². The number of carboxylic acids is 1. The molecule has 7 aliphatic rings. The number of nitrogens with one attached hydrogen (secondary N) is 8. The lowest BCUT2D eigenvalue weighted by Crippen LogP contribution is -2.65. The number of aliphatic hydroxyl groups is 6. The molecule has 39 heteroatoms. The van der Waals surface area contributed by atoms with E-state index < -0.39 is 266 Å². The van der Waals surface area contributed by atoms with Crippen LogP contribution in [0.5, 0.6) is 51.7 Å². The summed E-state index contributed by atoms with van der Waals surface area (Å²) in [5, 5.41) is 138. The summed E-state index contributed by atoms with van der Waals surface area (Å²) in [6.07, 6.45) is -17.0. The van der Waals surface area contributed by atoms with Gasteiger partial charge in [-0.05, 0) is 138 Å². The van der Waals surface area contributed by atoms with E-state index in [9.17, 15) is 70.2 Å². The van der Waals surface area contributed by atoms with Crippen LogP contribution >= 0.6 is 34.5 Å². The van der Waals surface area contributed by atoms with Crippen molar-refractivity contribution in [2.24, 2.45) is 17.4 Å². The molecular weight excluding hydrogens is 1640 g/mol. The maximum atomic E-state index is 16.4. The Balaban J connectivity index is 1.05. The zero-order chi connectivity index (χ0) is 87.3. The lowest BCUT2D eigenvalue weighted by Gasteiger charge is -2.48. The molecule has 7 aliphatic heterocycles. The van der Waals surface area contributed by atoms with Gasteiger partial charge in [-0.15, -0.1) is 17.9 Å². The minimum Gasteiger partial charge on any atom is -0.508 e. The van der Waals surface area contributed by atoms with Crippen molar-refractivity contribution in [3.63, 3.8) is 0 Å². The van der Waals surface area contributed by atoms with Crippen LogP contribution in [0.3, 0.4) is 0 Å². The fraction of sp³-hybridized carbons (Fsp3) is 0.378. The zero-order valence-corrected chi connectivity index (χ0v) is 67.4. The monoisotopic (exact) mass is 1730 g/mol. The number of rotatable bonds is 22. The van der Waals surface area contributed by atoms with Crippen LogP contribution in [0.25, 0.3) is 11.1 Å². The minimum absolute atomic E-state index is 0.0689. The van der Waals surface area contributed by atoms with Gasteiger partial charge >= 0.3 is 5.97 Å². The molecule has 121 heavy (non-hydrogen) atoms. The van der Waals surface area contributed by atoms with Gasteiger partial charge in [0.2, 0.25) is 59.3 Å². The lowest BCUT2D eigenvalue weighted by molar-refractivity contribution is -0.334. The van der Waals surface area contributed by atoms with Crippen molar-refractivity contribution in [2.45, 2.75) is 175 Å². The summed E-state index contributed by atoms with van der Waals surface area (Å²) in [5.74, 6) is -17.8. The molecule has 6 aromatic carbocycles. The van der Waals surface area contributed by atoms with E-state index in [2.05, 4.69) is 49.1 Å². The highest BCUT2D eigenvalue weighted by Gasteiger charge is 2.52. The van der Waals surface area contributed by atoms with E-state index in [1.165, 1.54) is 37.3 Å². The molecule has 14 rings (SSSR count). The summed E-state index contributed by atoms with van der Waals surface area (Å²) in [4.78, 5) is 134. The quantitative estimate of drug-likeness (QED) is 0.0342. The molecule has 0 saturated carbocycles. The largest absolute Gasteiger partial charge is 0.508 e. The highest BCUT2D eigenvalue weighted by atomic mass is 35.5. The van der Waals surface area contributed by atoms with Gasteiger partial charge in [0.15, 0.2) is 23.9 Å². The molecule has 7 aromatic rings. The van der Waals surface area contributed by atoms with E-state index in [0.717, 1.165) is 72.3 Å². The Labute approximate surface area is 704 Å². The number of thiophene rings is 1. The minimum atomic E-state index is -2.41. The van der Waals surface area contributed by atoms with Gasteiger partial charge in [-0.3, -0.25) is 38.4 Å². The van der Waals surface area contributed by atoms with Crippen LogP contribution in [-0.4, -0.2) is 202 Å². The SMILES string of the molecule is C=CCCOc1cccc(CN[C@@]2(C)C[C@H](O[C@H]3[C@H](Oc4c5cc6cc4Oc4ccc(cc4Cl)[C@@H](O)[C@@H](NC(=O)[C@@H](N)Cc4cccs4)C(=O)N[C@@H](CC(N)=O)C(=O)N[C@H]6C(=O)N[C@H]4C(=O)N[C@H](C(=O)N[C@H](C(=O)N[C@H](C(=O)O)C(C)C)c6cc(O)cc(O)c6-c6cc4ccc6O)[C@H](O)c4ccc(c(Cl)c4)O5)O[C@H](CO)[C@@H](O)[C@@H]3O)O[C@@H](C)[C@H]2O)c1. The molecular formula is C82H90Cl2N10O26S. The molecule has 0 aliphatic carbocycles. The highest BCUT2D eigenvalue weighted by Crippen LogP contribution is 2.50. The molecule has 11 bridgehead atoms. The first-order chi connectivity index (χ1) is 57.5. The predicted molar refractivity (Wildman–Crippen MR) is 429 cm³/mol. The third-order valence-corrected chi connectivity index (χ3v) is 22.6. The number of hydrogen-bond acceptors (Lipinski definition) is 28. The average Bonchev–Trinajstić information content (AvgIpc) is 1.10. The maximum Gasteiger partial charge on any atom is 0.326 e. The number of phenols is 3. The van der Waals surface area contributed by atoms with Gasteiger partial charge in [0.1, 0.15) is 107 Å². The first-order valence-corrected chi connectivity index (χ1v) is 39.8. The number of primary amides is 1. The fourth-order valence-electron chi connectivity index (χ4n) is 14.6. The maximum absolute atomic E-state index is 16.4. The number of ether oxygens (including phenoxy) is 7. The topological polar surface area (TPSA) is 569 Å². The number of aromatic hydroxyl groups is 3. The Morgan fingerprint density at radius 3 is 2.03 bits per heavy atom. The third-order valence-electron chi connectivity index (χ3n) is 21.1. The molecule has 644 valence electrons. The van der Waals surface area contributed by atoms with Crippen molar-refractivity contribution in [1.82, 2.24) is 42.5 Å². The number of aliphatic carboxylic acids is 1. The van der Waals surface area contributed by atoms with E-state index in [1.807, 2.05) is 6.07 Å². The van der Waals surface area contributed by atoms with Gasteiger partial charge in [-0.2, -0.15) is 0 Å². The molecule has 19 atom stereocenters. The van der Waals surface area contributed by atoms with E-state index in [1.54, 1.807) is 55.6 Å². The van der Waals surface area contributed by atoms with Crippen LogP contribution in [0.2, 0.25) is 10.0 Å². The number of halogens is 2. The second-order valence-corrected chi connectivity index (χ2v) is 32.0. The molecule has 0 radical (unpaired) electrons. The van der Waals surface area contributed by atoms with Crippen LogP contribution in [0, 0.1) is 5.92 Å². The lowest BCUT2D eigenvalue weighted by atomic mass is 9.84. The Morgan fingerprint density at radius 1 is 0.736 bits per heavy atom. The molecule has 36 nitrogen and oxygen atoms in total. The smallest absolute Gasteiger partial charge is 0.326 e. The van der Waals surface area contributed by atoms with E-state index in [-0.39, 0.29) is 36.3 Å². The number of carboxylic acid groups (broad SMARTS) is 1. The second-order valence-electron chi connectivity index (χ2n) is 30.2. The predicted octanol–water partition coefficient (Wildman–Crippen LogP) is 3.03. The van der Waals surface area contributed by atoms with Crippen molar-refractivity contribution in [3.05, 3.63) is 182 Å². The Morgan fingerprint density at radius 2 is 1.40 bits per heavy atom. The van der Waals surface area contributed by atoms with E-state index in [0.29, 0.717) is 23.7 Å². The number of amides is 8. The van der Waals surface area contributed by atoms with Crippen molar-refractivity contribution < 1.29 is 127 Å². The summed E-state index contributed by atoms with van der Waals surface area (Å²) < 4.78 is 45.4. The first kappa shape index (κ1) is 89.0. The summed E-state index contributed by atoms with van der Waals surface area (Å²) in [5.41, 5.74) is 8.67. The van der Waals surface area contributed by atoms with Gasteiger partial charge in [-0.1, -0.05) is 79.5 Å². The van der Waals surface area contributed by atoms with Crippen LogP contribution in [0.15, 0.2) is 133 Å². The molecule has 8 amide bonds. The standard InChI is InChI=1S/C82H90Cl2N10O26S/c1-6-7-19-114-42-11-8-10-36(21-42)32-87-82(5)31-58(115-35(4)72(82)104)119-71-69(103)68(102)56(33-95)118-81(71)120-70-54-25-40-26-55(70)117-53-18-15-39(24-47(53)84)67(101)65-79(111)92-63(77(109)89-60(34(2)3)80(112)113)45-27-41(96)28-51(98)59(45)44-22-37(13-16-50(44)97)61(75(107)94-65)91-76(108)62(40)90-74(106)49(30-57(86)99)88-78(110)64(66(100)38-14-17-52(116-54)46(83)23-38)93-73(105)48(85)29-43-12-9-20-121-43/h6,8-18,20-28,34-35,48-49,56,58,60-69,71-72,81,87,95-98,100-104H,1,7,19,29-33,85H2,2-5H3,(H2,86,99)(H,88,110)(H,89,109)(H,90,106)(H,91,108)(H,92,111)(H,93,105)(H,94,107)(H,112,113)/t35-,48-,49-,56+,58-,60-,61+,62+,63-,64+,65-,66+,67+,68+,69-,71+,72+,81-,82-/m0/s1. The Bertz CT molecular complexity index is 5110. The van der Waals surface area contributed by atoms with Crippen molar-refractivity contribution >= 4 is 87.8 Å². The summed E-state index contributed by atoms with van der Waals surface area (Å²) in [7, 11) is 0. The molecule has 0 unspecified atom stereocenters. The third kappa shape index (κ3) is 20.0. The van der Waals surface area contributed by atoms with Gasteiger partial charge in [0.25, 0.3) is 0 Å². The number of hydrogen-bond donors (Lipinski definition) is 20. The number of aliphatic hydroxyl groups excluding tert-OH is 6. The second kappa shape index (κ2) is 37.8. The molecule has 2 fully saturated rings. The summed E-state index contributed by atoms with van der Waals surface area (Å²) in [6.45, 7) is 9.41. The van der Waals surface area contributed by atoms with Crippen molar-refractivity contribution in [1.29, 1.82) is 0 Å². The van der Waals surface area contributed by atoms with Gasteiger partial charge in [0.05, 0.1) is 47.9 Å². The van der Waals surface area contributed by atoms with Gasteiger partial charge < -0.3 is 138 Å². The Kier molecular flexibility index (Phi) is 27.8. The molecule has 22 N–H and O–H groups in total. The first-order valence-electron chi connectivity index (χ1n) is 38.2. The number of fused-ring (bicyclic) bond motifs is 15. The molecule has 8 heterocycles.